The van der Waals surface area contributed by atoms with Gasteiger partial charge < -0.3 is 15.5 Å². The highest BCUT2D eigenvalue weighted by Crippen LogP contribution is 2.20. The molecule has 4 nitrogen and oxygen atoms in total. The van der Waals surface area contributed by atoms with Crippen molar-refractivity contribution in [1.29, 1.82) is 0 Å². The van der Waals surface area contributed by atoms with Crippen LogP contribution in [0.15, 0.2) is 24.3 Å². The molecule has 1 amide bonds. The first kappa shape index (κ1) is 13.2. The minimum Gasteiger partial charge on any atom is -0.368 e. The second-order valence-corrected chi connectivity index (χ2v) is 4.82. The van der Waals surface area contributed by atoms with Gasteiger partial charge in [-0.15, -0.1) is 0 Å². The summed E-state index contributed by atoms with van der Waals surface area (Å²) in [4.78, 5) is 15.8. The Hall–Kier alpha value is -1.26. The predicted octanol–water partition coefficient (Wildman–Crippen LogP) is 1.34. The summed E-state index contributed by atoms with van der Waals surface area (Å²) in [5.74, 6) is 0.156. The molecule has 0 atom stereocenters. The second kappa shape index (κ2) is 6.07. The monoisotopic (exact) mass is 267 g/mol. The molecule has 0 radical (unpaired) electrons. The van der Waals surface area contributed by atoms with E-state index in [4.69, 9.17) is 17.3 Å². The van der Waals surface area contributed by atoms with Crippen LogP contribution >= 0.6 is 11.6 Å². The smallest absolute Gasteiger partial charge is 0.223 e. The summed E-state index contributed by atoms with van der Waals surface area (Å²) in [7, 11) is 0. The summed E-state index contributed by atoms with van der Waals surface area (Å²) >= 11 is 5.98. The number of benzene rings is 1. The van der Waals surface area contributed by atoms with Gasteiger partial charge in [0.05, 0.1) is 0 Å². The van der Waals surface area contributed by atoms with Crippen molar-refractivity contribution in [1.82, 2.24) is 4.90 Å². The molecule has 1 heterocycles. The average molecular weight is 268 g/mol. The van der Waals surface area contributed by atoms with Crippen molar-refractivity contribution in [3.05, 3.63) is 29.3 Å². The van der Waals surface area contributed by atoms with Gasteiger partial charge in [0, 0.05) is 49.9 Å². The van der Waals surface area contributed by atoms with Crippen LogP contribution in [0.2, 0.25) is 5.02 Å². The Kier molecular flexibility index (Phi) is 4.44. The Bertz CT molecular complexity index is 416. The number of nitrogens with two attached hydrogens (primary N) is 1. The van der Waals surface area contributed by atoms with Crippen LogP contribution in [-0.4, -0.2) is 43.5 Å². The van der Waals surface area contributed by atoms with E-state index < -0.39 is 0 Å². The first-order valence-electron chi connectivity index (χ1n) is 6.19. The van der Waals surface area contributed by atoms with Crippen molar-refractivity contribution >= 4 is 23.2 Å². The molecule has 2 N–H and O–H groups in total. The summed E-state index contributed by atoms with van der Waals surface area (Å²) < 4.78 is 0. The van der Waals surface area contributed by atoms with Crippen molar-refractivity contribution in [3.8, 4) is 0 Å². The van der Waals surface area contributed by atoms with E-state index >= 15 is 0 Å². The second-order valence-electron chi connectivity index (χ2n) is 4.39. The fraction of sp³-hybridized carbons (Fsp3) is 0.462. The third-order valence-corrected chi connectivity index (χ3v) is 3.40. The molecule has 1 aromatic carbocycles. The molecule has 0 aliphatic carbocycles. The van der Waals surface area contributed by atoms with Crippen LogP contribution in [0.1, 0.15) is 6.42 Å². The van der Waals surface area contributed by atoms with Crippen molar-refractivity contribution in [2.75, 3.05) is 37.6 Å². The number of hydrogen-bond donors (Lipinski definition) is 1. The molecular weight excluding hydrogens is 250 g/mol. The van der Waals surface area contributed by atoms with Crippen LogP contribution in [0.25, 0.3) is 0 Å². The molecule has 1 aliphatic heterocycles. The van der Waals surface area contributed by atoms with E-state index in [1.54, 1.807) is 0 Å². The molecule has 98 valence electrons. The lowest BCUT2D eigenvalue weighted by Crippen LogP contribution is -2.49. The van der Waals surface area contributed by atoms with E-state index in [9.17, 15) is 4.79 Å². The highest BCUT2D eigenvalue weighted by atomic mass is 35.5. The van der Waals surface area contributed by atoms with Crippen LogP contribution in [0.4, 0.5) is 5.69 Å². The zero-order chi connectivity index (χ0) is 13.0. The highest BCUT2D eigenvalue weighted by molar-refractivity contribution is 6.30. The van der Waals surface area contributed by atoms with Gasteiger partial charge >= 0.3 is 0 Å². The van der Waals surface area contributed by atoms with Crippen LogP contribution < -0.4 is 10.6 Å². The number of piperazine rings is 1. The lowest BCUT2D eigenvalue weighted by Gasteiger charge is -2.36. The highest BCUT2D eigenvalue weighted by Gasteiger charge is 2.20. The molecule has 1 saturated heterocycles. The minimum atomic E-state index is 0.156. The van der Waals surface area contributed by atoms with E-state index in [1.165, 1.54) is 0 Å². The maximum absolute atomic E-state index is 11.7. The number of carbonyl (C=O) groups excluding carboxylic acids is 1. The van der Waals surface area contributed by atoms with Crippen LogP contribution in [0.3, 0.4) is 0 Å². The minimum absolute atomic E-state index is 0.156. The van der Waals surface area contributed by atoms with Gasteiger partial charge in [-0.3, -0.25) is 4.79 Å². The molecule has 5 heteroatoms. The van der Waals surface area contributed by atoms with E-state index in [2.05, 4.69) is 4.90 Å². The number of rotatable bonds is 3. The lowest BCUT2D eigenvalue weighted by atomic mass is 10.2. The Morgan fingerprint density at radius 3 is 2.61 bits per heavy atom. The Labute approximate surface area is 112 Å². The maximum atomic E-state index is 11.7. The van der Waals surface area contributed by atoms with Gasteiger partial charge in [-0.1, -0.05) is 17.7 Å². The van der Waals surface area contributed by atoms with Gasteiger partial charge in [-0.05, 0) is 18.2 Å². The third kappa shape index (κ3) is 3.15. The van der Waals surface area contributed by atoms with E-state index in [0.717, 1.165) is 36.9 Å². The van der Waals surface area contributed by atoms with Crippen molar-refractivity contribution < 1.29 is 4.79 Å². The van der Waals surface area contributed by atoms with Crippen LogP contribution in [-0.2, 0) is 4.79 Å². The van der Waals surface area contributed by atoms with E-state index in [1.807, 2.05) is 29.2 Å². The Balaban J connectivity index is 1.92. The molecule has 1 aromatic rings. The van der Waals surface area contributed by atoms with E-state index in [-0.39, 0.29) is 5.91 Å². The van der Waals surface area contributed by atoms with Gasteiger partial charge in [0.15, 0.2) is 0 Å². The largest absolute Gasteiger partial charge is 0.368 e. The third-order valence-electron chi connectivity index (χ3n) is 3.16. The molecule has 2 rings (SSSR count). The maximum Gasteiger partial charge on any atom is 0.223 e. The number of anilines is 1. The fourth-order valence-corrected chi connectivity index (χ4v) is 2.35. The SMILES string of the molecule is NCCC(=O)N1CCN(c2cccc(Cl)c2)CC1. The zero-order valence-corrected chi connectivity index (χ0v) is 11.1. The standard InChI is InChI=1S/C13H18ClN3O/c14-11-2-1-3-12(10-11)16-6-8-17(9-7-16)13(18)4-5-15/h1-3,10H,4-9,15H2. The normalized spacial score (nSPS) is 15.9. The summed E-state index contributed by atoms with van der Waals surface area (Å²) in [5.41, 5.74) is 6.52. The topological polar surface area (TPSA) is 49.6 Å². The molecule has 1 aliphatic rings. The Morgan fingerprint density at radius 2 is 2.00 bits per heavy atom. The quantitative estimate of drug-likeness (QED) is 0.899. The zero-order valence-electron chi connectivity index (χ0n) is 10.3. The summed E-state index contributed by atoms with van der Waals surface area (Å²) in [5, 5.41) is 0.745. The molecule has 0 saturated carbocycles. The molecule has 0 unspecified atom stereocenters. The molecule has 0 bridgehead atoms. The molecular formula is C13H18ClN3O. The Morgan fingerprint density at radius 1 is 1.28 bits per heavy atom. The van der Waals surface area contributed by atoms with Gasteiger partial charge in [-0.25, -0.2) is 0 Å². The van der Waals surface area contributed by atoms with Crippen LogP contribution in [0.5, 0.6) is 0 Å². The van der Waals surface area contributed by atoms with E-state index in [0.29, 0.717) is 13.0 Å². The number of halogens is 1. The number of nitrogens with zero attached hydrogens (tertiary/aromatic N) is 2. The van der Waals surface area contributed by atoms with Gasteiger partial charge in [0.2, 0.25) is 5.91 Å². The number of hydrogen-bond acceptors (Lipinski definition) is 3. The molecule has 0 aromatic heterocycles. The first-order valence-corrected chi connectivity index (χ1v) is 6.57. The van der Waals surface area contributed by atoms with Crippen molar-refractivity contribution in [2.24, 2.45) is 5.73 Å². The van der Waals surface area contributed by atoms with Gasteiger partial charge in [0.25, 0.3) is 0 Å². The van der Waals surface area contributed by atoms with Gasteiger partial charge in [0.1, 0.15) is 0 Å². The number of carbonyl (C=O) groups is 1. The molecule has 0 spiro atoms. The molecule has 1 fully saturated rings. The van der Waals surface area contributed by atoms with Crippen molar-refractivity contribution in [2.45, 2.75) is 6.42 Å². The lowest BCUT2D eigenvalue weighted by molar-refractivity contribution is -0.131. The summed E-state index contributed by atoms with van der Waals surface area (Å²) in [6.07, 6.45) is 0.442. The molecule has 18 heavy (non-hydrogen) atoms. The van der Waals surface area contributed by atoms with Crippen molar-refractivity contribution in [3.63, 3.8) is 0 Å². The summed E-state index contributed by atoms with van der Waals surface area (Å²) in [6, 6.07) is 7.82. The summed E-state index contributed by atoms with van der Waals surface area (Å²) in [6.45, 7) is 3.62. The van der Waals surface area contributed by atoms with Crippen LogP contribution in [0, 0.1) is 0 Å². The number of amides is 1. The fourth-order valence-electron chi connectivity index (χ4n) is 2.17. The first-order chi connectivity index (χ1) is 8.70. The predicted molar refractivity (Wildman–Crippen MR) is 73.9 cm³/mol. The average Bonchev–Trinajstić information content (AvgIpc) is 2.39. The van der Waals surface area contributed by atoms with Gasteiger partial charge in [-0.2, -0.15) is 0 Å².